The third kappa shape index (κ3) is 6.75. The molecule has 0 aromatic heterocycles. The van der Waals surface area contributed by atoms with Crippen LogP contribution in [-0.4, -0.2) is 0 Å². The van der Waals surface area contributed by atoms with E-state index < -0.39 is 0 Å². The van der Waals surface area contributed by atoms with Crippen molar-refractivity contribution in [2.45, 2.75) is 71.6 Å². The first-order valence-corrected chi connectivity index (χ1v) is 14.2. The second-order valence-corrected chi connectivity index (χ2v) is 10.5. The van der Waals surface area contributed by atoms with Crippen molar-refractivity contribution in [3.63, 3.8) is 0 Å². The summed E-state index contributed by atoms with van der Waals surface area (Å²) in [6.07, 6.45) is 3.07. The highest BCUT2D eigenvalue weighted by atomic mass is 16.5. The monoisotopic (exact) mass is 522 g/mol. The van der Waals surface area contributed by atoms with E-state index in [2.05, 4.69) is 71.0 Å². The third-order valence-electron chi connectivity index (χ3n) is 7.78. The number of anilines is 2. The van der Waals surface area contributed by atoms with Crippen molar-refractivity contribution < 1.29 is 9.47 Å². The Hall–Kier alpha value is -3.92. The highest BCUT2D eigenvalue weighted by Crippen LogP contribution is 2.40. The molecule has 2 unspecified atom stereocenters. The van der Waals surface area contributed by atoms with Gasteiger partial charge in [0.15, 0.2) is 0 Å². The van der Waals surface area contributed by atoms with Crippen molar-refractivity contribution >= 4 is 11.4 Å². The minimum atomic E-state index is 0.270. The van der Waals surface area contributed by atoms with Crippen LogP contribution < -0.4 is 20.9 Å². The molecule has 0 fully saturated rings. The first-order chi connectivity index (χ1) is 18.8. The average molecular weight is 523 g/mol. The van der Waals surface area contributed by atoms with E-state index in [4.69, 9.17) is 20.9 Å². The molecular weight excluding hydrogens is 480 g/mol. The van der Waals surface area contributed by atoms with Crippen LogP contribution in [0.5, 0.6) is 23.0 Å². The van der Waals surface area contributed by atoms with Gasteiger partial charge in [0.25, 0.3) is 0 Å². The molecule has 4 rings (SSSR count). The van der Waals surface area contributed by atoms with Crippen molar-refractivity contribution in [3.05, 3.63) is 107 Å². The van der Waals surface area contributed by atoms with E-state index in [9.17, 15) is 0 Å². The normalized spacial score (nSPS) is 13.5. The second kappa shape index (κ2) is 12.8. The molecule has 0 aliphatic rings. The van der Waals surface area contributed by atoms with Crippen LogP contribution in [0.25, 0.3) is 0 Å². The predicted octanol–water partition coefficient (Wildman–Crippen LogP) is 10.0. The number of benzene rings is 4. The van der Waals surface area contributed by atoms with Gasteiger partial charge in [0.05, 0.1) is 0 Å². The van der Waals surface area contributed by atoms with Gasteiger partial charge in [0.1, 0.15) is 23.0 Å². The Balaban J connectivity index is 1.69. The fourth-order valence-electron chi connectivity index (χ4n) is 4.95. The summed E-state index contributed by atoms with van der Waals surface area (Å²) in [5.41, 5.74) is 18.3. The molecule has 0 amide bonds. The number of rotatable bonds is 11. The maximum atomic E-state index is 6.33. The summed E-state index contributed by atoms with van der Waals surface area (Å²) in [6, 6.07) is 28.5. The van der Waals surface area contributed by atoms with Gasteiger partial charge in [0.2, 0.25) is 0 Å². The molecule has 39 heavy (non-hydrogen) atoms. The summed E-state index contributed by atoms with van der Waals surface area (Å²) in [6.45, 7) is 11.2. The topological polar surface area (TPSA) is 70.5 Å². The van der Waals surface area contributed by atoms with Crippen LogP contribution in [0, 0.1) is 0 Å². The predicted molar refractivity (Wildman–Crippen MR) is 164 cm³/mol. The maximum absolute atomic E-state index is 6.33. The van der Waals surface area contributed by atoms with Crippen LogP contribution in [0.3, 0.4) is 0 Å². The van der Waals surface area contributed by atoms with Gasteiger partial charge < -0.3 is 20.9 Å². The van der Waals surface area contributed by atoms with E-state index in [0.717, 1.165) is 53.6 Å². The lowest BCUT2D eigenvalue weighted by Crippen LogP contribution is -2.05. The molecule has 4 heteroatoms. The Bertz CT molecular complexity index is 1260. The van der Waals surface area contributed by atoms with Crippen LogP contribution >= 0.6 is 0 Å². The summed E-state index contributed by atoms with van der Waals surface area (Å²) in [5, 5.41) is 0. The first-order valence-electron chi connectivity index (χ1n) is 14.2. The molecule has 0 aliphatic carbocycles. The minimum absolute atomic E-state index is 0.270. The van der Waals surface area contributed by atoms with Gasteiger partial charge in [-0.25, -0.2) is 0 Å². The Morgan fingerprint density at radius 1 is 0.538 bits per heavy atom. The SMILES string of the molecule is CCC(C)c1cc(C(CC)c2ccc(Oc3ccc(N)cc3)c(C(C)CC)c2)ccc1Oc1ccc(N)cc1. The zero-order valence-electron chi connectivity index (χ0n) is 23.9. The Kier molecular flexibility index (Phi) is 9.19. The largest absolute Gasteiger partial charge is 0.457 e. The molecule has 0 saturated carbocycles. The molecule has 0 aliphatic heterocycles. The van der Waals surface area contributed by atoms with E-state index in [-0.39, 0.29) is 5.92 Å². The quantitative estimate of drug-likeness (QED) is 0.192. The van der Waals surface area contributed by atoms with Gasteiger partial charge in [-0.05, 0) is 114 Å². The molecule has 4 nitrogen and oxygen atoms in total. The van der Waals surface area contributed by atoms with Crippen LogP contribution in [0.2, 0.25) is 0 Å². The number of hydrogen-bond acceptors (Lipinski definition) is 4. The average Bonchev–Trinajstić information content (AvgIpc) is 2.96. The smallest absolute Gasteiger partial charge is 0.130 e. The lowest BCUT2D eigenvalue weighted by atomic mass is 9.84. The van der Waals surface area contributed by atoms with Gasteiger partial charge in [-0.1, -0.05) is 58.9 Å². The van der Waals surface area contributed by atoms with Crippen LogP contribution in [0.1, 0.15) is 93.9 Å². The zero-order valence-corrected chi connectivity index (χ0v) is 23.9. The van der Waals surface area contributed by atoms with Crippen LogP contribution in [0.15, 0.2) is 84.9 Å². The van der Waals surface area contributed by atoms with Crippen LogP contribution in [0.4, 0.5) is 11.4 Å². The molecule has 0 spiro atoms. The zero-order chi connectivity index (χ0) is 27.9. The van der Waals surface area contributed by atoms with Crippen molar-refractivity contribution in [1.29, 1.82) is 0 Å². The Morgan fingerprint density at radius 2 is 0.923 bits per heavy atom. The molecule has 204 valence electrons. The van der Waals surface area contributed by atoms with Crippen molar-refractivity contribution in [1.82, 2.24) is 0 Å². The van der Waals surface area contributed by atoms with E-state index in [1.165, 1.54) is 22.3 Å². The lowest BCUT2D eigenvalue weighted by Gasteiger charge is -2.23. The number of nitrogen functional groups attached to an aromatic ring is 2. The van der Waals surface area contributed by atoms with E-state index in [1.807, 2.05) is 48.5 Å². The van der Waals surface area contributed by atoms with Crippen molar-refractivity contribution in [3.8, 4) is 23.0 Å². The molecule has 0 saturated heterocycles. The molecule has 4 N–H and O–H groups in total. The van der Waals surface area contributed by atoms with Crippen LogP contribution in [-0.2, 0) is 0 Å². The van der Waals surface area contributed by atoms with Gasteiger partial charge in [0, 0.05) is 17.3 Å². The highest BCUT2D eigenvalue weighted by molar-refractivity contribution is 5.50. The highest BCUT2D eigenvalue weighted by Gasteiger charge is 2.20. The molecule has 4 aromatic carbocycles. The summed E-state index contributed by atoms with van der Waals surface area (Å²) in [5.74, 6) is 4.41. The van der Waals surface area contributed by atoms with Gasteiger partial charge in [-0.15, -0.1) is 0 Å². The van der Waals surface area contributed by atoms with Crippen molar-refractivity contribution in [2.24, 2.45) is 0 Å². The first kappa shape index (κ1) is 28.1. The van der Waals surface area contributed by atoms with E-state index >= 15 is 0 Å². The van der Waals surface area contributed by atoms with E-state index in [0.29, 0.717) is 11.8 Å². The molecule has 0 heterocycles. The summed E-state index contributed by atoms with van der Waals surface area (Å²) in [4.78, 5) is 0. The molecular formula is C35H42N2O2. The molecule has 4 aromatic rings. The molecule has 0 radical (unpaired) electrons. The molecule has 0 bridgehead atoms. The van der Waals surface area contributed by atoms with Crippen molar-refractivity contribution in [2.75, 3.05) is 11.5 Å². The Labute approximate surface area is 234 Å². The third-order valence-corrected chi connectivity index (χ3v) is 7.78. The van der Waals surface area contributed by atoms with E-state index in [1.54, 1.807) is 0 Å². The standard InChI is InChI=1S/C35H42N2O2/c1-6-23(4)32-21-25(9-19-34(32)38-29-15-11-27(36)12-16-29)31(8-3)26-10-20-35(33(22-26)24(5)7-2)39-30-17-13-28(37)14-18-30/h9-24,31H,6-8,36-37H2,1-5H3. The van der Waals surface area contributed by atoms with Gasteiger partial charge >= 0.3 is 0 Å². The lowest BCUT2D eigenvalue weighted by molar-refractivity contribution is 0.469. The summed E-state index contributed by atoms with van der Waals surface area (Å²) < 4.78 is 12.7. The Morgan fingerprint density at radius 3 is 1.26 bits per heavy atom. The summed E-state index contributed by atoms with van der Waals surface area (Å²) >= 11 is 0. The molecule has 2 atom stereocenters. The number of ether oxygens (including phenoxy) is 2. The number of nitrogens with two attached hydrogens (primary N) is 2. The van der Waals surface area contributed by atoms with Gasteiger partial charge in [-0.2, -0.15) is 0 Å². The second-order valence-electron chi connectivity index (χ2n) is 10.5. The fourth-order valence-corrected chi connectivity index (χ4v) is 4.95. The fraction of sp³-hybridized carbons (Fsp3) is 0.314. The van der Waals surface area contributed by atoms with Gasteiger partial charge in [-0.3, -0.25) is 0 Å². The summed E-state index contributed by atoms with van der Waals surface area (Å²) in [7, 11) is 0. The maximum Gasteiger partial charge on any atom is 0.130 e. The number of hydrogen-bond donors (Lipinski definition) is 2. The minimum Gasteiger partial charge on any atom is -0.457 e.